The molecule has 1 saturated heterocycles. The number of pyridine rings is 1. The zero-order valence-corrected chi connectivity index (χ0v) is 12.7. The largest absolute Gasteiger partial charge is 0.364 e. The van der Waals surface area contributed by atoms with Crippen LogP contribution in [-0.2, 0) is 0 Å². The van der Waals surface area contributed by atoms with E-state index in [4.69, 9.17) is 0 Å². The fourth-order valence-corrected chi connectivity index (χ4v) is 3.14. The molecule has 1 aromatic carbocycles. The number of aromatic nitrogens is 1. The van der Waals surface area contributed by atoms with Crippen molar-refractivity contribution in [3.05, 3.63) is 34.9 Å². The molecule has 0 aliphatic carbocycles. The summed E-state index contributed by atoms with van der Waals surface area (Å²) in [5.41, 5.74) is 2.37. The number of rotatable bonds is 2. The molecule has 19 heavy (non-hydrogen) atoms. The van der Waals surface area contributed by atoms with Crippen LogP contribution in [0.5, 0.6) is 0 Å². The summed E-state index contributed by atoms with van der Waals surface area (Å²) in [6, 6.07) is 9.14. The first kappa shape index (κ1) is 12.9. The quantitative estimate of drug-likeness (QED) is 0.921. The maximum atomic E-state index is 4.62. The van der Waals surface area contributed by atoms with Crippen molar-refractivity contribution in [2.75, 3.05) is 24.5 Å². The average molecular weight is 320 g/mol. The van der Waals surface area contributed by atoms with Gasteiger partial charge in [0.1, 0.15) is 0 Å². The predicted octanol–water partition coefficient (Wildman–Crippen LogP) is 3.19. The molecular weight excluding hydrogens is 302 g/mol. The number of benzene rings is 1. The molecule has 3 nitrogen and oxygen atoms in total. The van der Waals surface area contributed by atoms with Gasteiger partial charge in [-0.2, -0.15) is 0 Å². The van der Waals surface area contributed by atoms with E-state index in [1.165, 1.54) is 11.1 Å². The lowest BCUT2D eigenvalue weighted by atomic mass is 10.1. The maximum absolute atomic E-state index is 4.62. The highest BCUT2D eigenvalue weighted by Gasteiger charge is 2.22. The number of hydrogen-bond acceptors (Lipinski definition) is 3. The molecule has 1 aliphatic rings. The zero-order valence-electron chi connectivity index (χ0n) is 11.1. The number of anilines is 1. The van der Waals surface area contributed by atoms with Crippen LogP contribution in [0.15, 0.2) is 34.9 Å². The topological polar surface area (TPSA) is 28.2 Å². The maximum Gasteiger partial charge on any atom is 0.0936 e. The number of para-hydroxylation sites is 1. The fraction of sp³-hybridized carbons (Fsp3) is 0.400. The van der Waals surface area contributed by atoms with Gasteiger partial charge in [-0.15, -0.1) is 0 Å². The van der Waals surface area contributed by atoms with Gasteiger partial charge in [0.05, 0.1) is 11.2 Å². The molecule has 0 saturated carbocycles. The Labute approximate surface area is 122 Å². The zero-order chi connectivity index (χ0) is 13.2. The molecule has 0 radical (unpaired) electrons. The van der Waals surface area contributed by atoms with Gasteiger partial charge in [0.15, 0.2) is 0 Å². The number of halogens is 1. The van der Waals surface area contributed by atoms with Gasteiger partial charge >= 0.3 is 0 Å². The van der Waals surface area contributed by atoms with Gasteiger partial charge in [0, 0.05) is 41.7 Å². The van der Waals surface area contributed by atoms with Crippen molar-refractivity contribution >= 4 is 32.5 Å². The third-order valence-electron chi connectivity index (χ3n) is 3.79. The van der Waals surface area contributed by atoms with Crippen molar-refractivity contribution in [3.8, 4) is 0 Å². The molecule has 1 aliphatic heterocycles. The molecule has 0 bridgehead atoms. The second-order valence-electron chi connectivity index (χ2n) is 4.96. The van der Waals surface area contributed by atoms with Crippen molar-refractivity contribution in [2.45, 2.75) is 19.4 Å². The molecule has 2 heterocycles. The number of fused-ring (bicyclic) bond motifs is 1. The Kier molecular flexibility index (Phi) is 3.71. The highest BCUT2D eigenvalue weighted by molar-refractivity contribution is 9.10. The Morgan fingerprint density at radius 2 is 2.37 bits per heavy atom. The van der Waals surface area contributed by atoms with Crippen LogP contribution in [-0.4, -0.2) is 30.7 Å². The fourth-order valence-electron chi connectivity index (χ4n) is 2.79. The van der Waals surface area contributed by atoms with Crippen LogP contribution >= 0.6 is 15.9 Å². The molecule has 1 N–H and O–H groups in total. The normalized spacial score (nSPS) is 19.9. The summed E-state index contributed by atoms with van der Waals surface area (Å²) in [7, 11) is 0. The van der Waals surface area contributed by atoms with E-state index < -0.39 is 0 Å². The van der Waals surface area contributed by atoms with Crippen LogP contribution in [0.3, 0.4) is 0 Å². The highest BCUT2D eigenvalue weighted by atomic mass is 79.9. The highest BCUT2D eigenvalue weighted by Crippen LogP contribution is 2.29. The minimum absolute atomic E-state index is 0.560. The van der Waals surface area contributed by atoms with Gasteiger partial charge in [0.2, 0.25) is 0 Å². The van der Waals surface area contributed by atoms with Crippen LogP contribution in [0.1, 0.15) is 13.3 Å². The van der Waals surface area contributed by atoms with Crippen LogP contribution in [0.2, 0.25) is 0 Å². The van der Waals surface area contributed by atoms with Gasteiger partial charge in [-0.05, 0) is 34.5 Å². The summed E-state index contributed by atoms with van der Waals surface area (Å²) < 4.78 is 1.03. The molecule has 1 unspecified atom stereocenters. The van der Waals surface area contributed by atoms with Gasteiger partial charge in [-0.25, -0.2) is 0 Å². The first-order valence-electron chi connectivity index (χ1n) is 6.81. The van der Waals surface area contributed by atoms with Crippen molar-refractivity contribution in [2.24, 2.45) is 0 Å². The summed E-state index contributed by atoms with van der Waals surface area (Å²) in [5, 5.41) is 4.67. The molecular formula is C15H18BrN3. The summed E-state index contributed by atoms with van der Waals surface area (Å²) in [6.07, 6.45) is 3.04. The molecule has 2 aromatic rings. The number of hydrogen-bond donors (Lipinski definition) is 1. The molecule has 0 spiro atoms. The first-order chi connectivity index (χ1) is 9.29. The number of nitrogens with one attached hydrogen (secondary N) is 1. The Bertz CT molecular complexity index is 585. The predicted molar refractivity (Wildman–Crippen MR) is 83.7 cm³/mol. The van der Waals surface area contributed by atoms with Crippen molar-refractivity contribution < 1.29 is 0 Å². The molecule has 3 rings (SSSR count). The van der Waals surface area contributed by atoms with E-state index in [-0.39, 0.29) is 0 Å². The lowest BCUT2D eigenvalue weighted by Gasteiger charge is -2.37. The van der Waals surface area contributed by atoms with E-state index in [9.17, 15) is 0 Å². The second kappa shape index (κ2) is 5.47. The Morgan fingerprint density at radius 3 is 3.21 bits per heavy atom. The molecule has 1 aromatic heterocycles. The van der Waals surface area contributed by atoms with E-state index >= 15 is 0 Å². The van der Waals surface area contributed by atoms with Crippen LogP contribution in [0, 0.1) is 0 Å². The summed E-state index contributed by atoms with van der Waals surface area (Å²) in [4.78, 5) is 7.12. The molecule has 0 amide bonds. The van der Waals surface area contributed by atoms with Crippen LogP contribution in [0.4, 0.5) is 5.69 Å². The van der Waals surface area contributed by atoms with Crippen molar-refractivity contribution in [1.29, 1.82) is 0 Å². The van der Waals surface area contributed by atoms with Gasteiger partial charge in [0.25, 0.3) is 0 Å². The summed E-state index contributed by atoms with van der Waals surface area (Å²) in [6.45, 7) is 5.40. The molecule has 4 heteroatoms. The lowest BCUT2D eigenvalue weighted by Crippen LogP contribution is -2.51. The number of piperazine rings is 1. The lowest BCUT2D eigenvalue weighted by molar-refractivity contribution is 0.467. The van der Waals surface area contributed by atoms with E-state index in [0.29, 0.717) is 6.04 Å². The smallest absolute Gasteiger partial charge is 0.0936 e. The third kappa shape index (κ3) is 2.47. The number of nitrogens with zero attached hydrogens (tertiary/aromatic N) is 2. The molecule has 100 valence electrons. The van der Waals surface area contributed by atoms with Crippen molar-refractivity contribution in [3.63, 3.8) is 0 Å². The van der Waals surface area contributed by atoms with E-state index in [1.807, 2.05) is 6.20 Å². The van der Waals surface area contributed by atoms with Gasteiger partial charge in [-0.3, -0.25) is 4.98 Å². The average Bonchev–Trinajstić information content (AvgIpc) is 2.46. The van der Waals surface area contributed by atoms with Gasteiger partial charge in [-0.1, -0.05) is 19.1 Å². The SMILES string of the molecule is CCC1CNCCN1c1cccc2cc(Br)cnc12. The first-order valence-corrected chi connectivity index (χ1v) is 7.60. The molecule has 1 fully saturated rings. The van der Waals surface area contributed by atoms with Crippen LogP contribution < -0.4 is 10.2 Å². The monoisotopic (exact) mass is 319 g/mol. The Hall–Kier alpha value is -1.13. The second-order valence-corrected chi connectivity index (χ2v) is 5.88. The van der Waals surface area contributed by atoms with Crippen molar-refractivity contribution in [1.82, 2.24) is 10.3 Å². The summed E-state index contributed by atoms with van der Waals surface area (Å²) >= 11 is 3.49. The van der Waals surface area contributed by atoms with E-state index in [1.54, 1.807) is 0 Å². The minimum Gasteiger partial charge on any atom is -0.364 e. The Balaban J connectivity index is 2.08. The van der Waals surface area contributed by atoms with Gasteiger partial charge < -0.3 is 10.2 Å². The van der Waals surface area contributed by atoms with E-state index in [0.717, 1.165) is 36.0 Å². The van der Waals surface area contributed by atoms with E-state index in [2.05, 4.69) is 62.3 Å². The minimum atomic E-state index is 0.560. The Morgan fingerprint density at radius 1 is 1.47 bits per heavy atom. The summed E-state index contributed by atoms with van der Waals surface area (Å²) in [5.74, 6) is 0. The molecule has 1 atom stereocenters. The third-order valence-corrected chi connectivity index (χ3v) is 4.22. The standard InChI is InChI=1S/C15H18BrN3/c1-2-13-10-17-6-7-19(13)14-5-3-4-11-8-12(16)9-18-15(11)14/h3-5,8-9,13,17H,2,6-7,10H2,1H3. The van der Waals surface area contributed by atoms with Crippen LogP contribution in [0.25, 0.3) is 10.9 Å².